The molecule has 0 radical (unpaired) electrons. The van der Waals surface area contributed by atoms with Gasteiger partial charge in [0.15, 0.2) is 0 Å². The third-order valence-electron chi connectivity index (χ3n) is 3.20. The molecule has 1 aromatic carbocycles. The van der Waals surface area contributed by atoms with Crippen molar-refractivity contribution >= 4 is 17.5 Å². The fraction of sp³-hybridized carbons (Fsp3) is 0.500. The van der Waals surface area contributed by atoms with E-state index < -0.39 is 23.7 Å². The fourth-order valence-electron chi connectivity index (χ4n) is 1.74. The molecule has 134 valence electrons. The summed E-state index contributed by atoms with van der Waals surface area (Å²) in [5.41, 5.74) is 5.86. The number of anilines is 1. The van der Waals surface area contributed by atoms with Gasteiger partial charge >= 0.3 is 0 Å². The van der Waals surface area contributed by atoms with Gasteiger partial charge in [0.05, 0.1) is 24.9 Å². The Morgan fingerprint density at radius 3 is 2.62 bits per heavy atom. The van der Waals surface area contributed by atoms with Crippen molar-refractivity contribution < 1.29 is 23.5 Å². The number of carbonyl (C=O) groups is 2. The molecule has 7 nitrogen and oxygen atoms in total. The number of hydrogen-bond donors (Lipinski definition) is 3. The Hall–Kier alpha value is -2.19. The first-order valence-electron chi connectivity index (χ1n) is 7.59. The van der Waals surface area contributed by atoms with Gasteiger partial charge < -0.3 is 25.8 Å². The van der Waals surface area contributed by atoms with Gasteiger partial charge in [0.1, 0.15) is 18.2 Å². The standard InChI is InChI=1S/C16H24FN3O4/c1-10(2)15(18)16(22)19-9-14(21)20-12-8-11(17)4-5-13(12)24-7-6-23-3/h4-5,8,10,15H,6-7,9,18H2,1-3H3,(H,19,22)(H,20,21)/t15-/m0/s1. The second-order valence-corrected chi connectivity index (χ2v) is 5.52. The van der Waals surface area contributed by atoms with Gasteiger partial charge in [0, 0.05) is 13.2 Å². The first kappa shape index (κ1) is 19.9. The number of hydrogen-bond acceptors (Lipinski definition) is 5. The van der Waals surface area contributed by atoms with E-state index in [0.29, 0.717) is 12.4 Å². The van der Waals surface area contributed by atoms with Crippen molar-refractivity contribution in [2.75, 3.05) is 32.2 Å². The van der Waals surface area contributed by atoms with E-state index in [-0.39, 0.29) is 24.8 Å². The molecule has 24 heavy (non-hydrogen) atoms. The molecular weight excluding hydrogens is 317 g/mol. The third-order valence-corrected chi connectivity index (χ3v) is 3.20. The first-order chi connectivity index (χ1) is 11.3. The van der Waals surface area contributed by atoms with Crippen LogP contribution in [0.1, 0.15) is 13.8 Å². The topological polar surface area (TPSA) is 103 Å². The fourth-order valence-corrected chi connectivity index (χ4v) is 1.74. The monoisotopic (exact) mass is 341 g/mol. The number of nitrogens with one attached hydrogen (secondary N) is 2. The van der Waals surface area contributed by atoms with Gasteiger partial charge in [-0.2, -0.15) is 0 Å². The van der Waals surface area contributed by atoms with Crippen molar-refractivity contribution in [1.29, 1.82) is 0 Å². The predicted molar refractivity (Wildman–Crippen MR) is 88.2 cm³/mol. The van der Waals surface area contributed by atoms with E-state index in [1.165, 1.54) is 19.2 Å². The van der Waals surface area contributed by atoms with Crippen LogP contribution < -0.4 is 21.1 Å². The van der Waals surface area contributed by atoms with Crippen molar-refractivity contribution in [1.82, 2.24) is 5.32 Å². The molecule has 8 heteroatoms. The first-order valence-corrected chi connectivity index (χ1v) is 7.59. The minimum atomic E-state index is -0.695. The van der Waals surface area contributed by atoms with Crippen LogP contribution in [0.2, 0.25) is 0 Å². The molecule has 1 aromatic rings. The highest BCUT2D eigenvalue weighted by Gasteiger charge is 2.18. The van der Waals surface area contributed by atoms with Crippen LogP contribution in [0.5, 0.6) is 5.75 Å². The second kappa shape index (κ2) is 9.84. The van der Waals surface area contributed by atoms with E-state index in [9.17, 15) is 14.0 Å². The summed E-state index contributed by atoms with van der Waals surface area (Å²) in [6.45, 7) is 3.95. The summed E-state index contributed by atoms with van der Waals surface area (Å²) in [4.78, 5) is 23.7. The summed E-state index contributed by atoms with van der Waals surface area (Å²) in [5.74, 6) is -1.18. The predicted octanol–water partition coefficient (Wildman–Crippen LogP) is 0.889. The number of carbonyl (C=O) groups excluding carboxylic acids is 2. The number of halogens is 1. The van der Waals surface area contributed by atoms with Crippen molar-refractivity contribution in [3.05, 3.63) is 24.0 Å². The maximum absolute atomic E-state index is 13.4. The van der Waals surface area contributed by atoms with Crippen LogP contribution in [0.25, 0.3) is 0 Å². The van der Waals surface area contributed by atoms with Crippen LogP contribution in [0.4, 0.5) is 10.1 Å². The van der Waals surface area contributed by atoms with E-state index in [2.05, 4.69) is 10.6 Å². The quantitative estimate of drug-likeness (QED) is 0.579. The molecule has 2 amide bonds. The van der Waals surface area contributed by atoms with E-state index in [1.807, 2.05) is 0 Å². The molecular formula is C16H24FN3O4. The van der Waals surface area contributed by atoms with Crippen molar-refractivity contribution in [3.63, 3.8) is 0 Å². The molecule has 1 atom stereocenters. The van der Waals surface area contributed by atoms with Gasteiger partial charge in [-0.3, -0.25) is 9.59 Å². The number of benzene rings is 1. The molecule has 0 aromatic heterocycles. The van der Waals surface area contributed by atoms with Crippen LogP contribution in [0, 0.1) is 11.7 Å². The Bertz CT molecular complexity index is 566. The molecule has 1 rings (SSSR count). The second-order valence-electron chi connectivity index (χ2n) is 5.52. The normalized spacial score (nSPS) is 11.9. The van der Waals surface area contributed by atoms with Gasteiger partial charge in [-0.25, -0.2) is 4.39 Å². The van der Waals surface area contributed by atoms with E-state index in [4.69, 9.17) is 15.2 Å². The Morgan fingerprint density at radius 1 is 1.29 bits per heavy atom. The molecule has 0 heterocycles. The highest BCUT2D eigenvalue weighted by molar-refractivity contribution is 5.96. The maximum Gasteiger partial charge on any atom is 0.243 e. The SMILES string of the molecule is COCCOc1ccc(F)cc1NC(=O)CNC(=O)[C@@H](N)C(C)C. The summed E-state index contributed by atoms with van der Waals surface area (Å²) < 4.78 is 23.7. The zero-order valence-corrected chi connectivity index (χ0v) is 14.1. The summed E-state index contributed by atoms with van der Waals surface area (Å²) >= 11 is 0. The molecule has 0 unspecified atom stereocenters. The molecule has 0 spiro atoms. The lowest BCUT2D eigenvalue weighted by molar-refractivity contribution is -0.125. The number of ether oxygens (including phenoxy) is 2. The Kier molecular flexibility index (Phi) is 8.14. The number of methoxy groups -OCH3 is 1. The zero-order chi connectivity index (χ0) is 18.1. The summed E-state index contributed by atoms with van der Waals surface area (Å²) in [7, 11) is 1.53. The van der Waals surface area contributed by atoms with Crippen LogP contribution >= 0.6 is 0 Å². The lowest BCUT2D eigenvalue weighted by atomic mass is 10.1. The Labute approximate surface area is 140 Å². The average molecular weight is 341 g/mol. The summed E-state index contributed by atoms with van der Waals surface area (Å²) in [6, 6.07) is 3.08. The van der Waals surface area contributed by atoms with E-state index in [0.717, 1.165) is 6.07 Å². The minimum Gasteiger partial charge on any atom is -0.489 e. The molecule has 0 aliphatic heterocycles. The van der Waals surface area contributed by atoms with E-state index in [1.54, 1.807) is 13.8 Å². The molecule has 4 N–H and O–H groups in total. The Morgan fingerprint density at radius 2 is 2.00 bits per heavy atom. The van der Waals surface area contributed by atoms with Gasteiger partial charge in [-0.05, 0) is 18.1 Å². The largest absolute Gasteiger partial charge is 0.489 e. The van der Waals surface area contributed by atoms with Gasteiger partial charge in [-0.1, -0.05) is 13.8 Å². The lowest BCUT2D eigenvalue weighted by Gasteiger charge is -2.16. The van der Waals surface area contributed by atoms with Crippen molar-refractivity contribution in [2.45, 2.75) is 19.9 Å². The number of amides is 2. The maximum atomic E-state index is 13.4. The number of nitrogens with two attached hydrogens (primary N) is 1. The highest BCUT2D eigenvalue weighted by Crippen LogP contribution is 2.25. The van der Waals surface area contributed by atoms with Crippen LogP contribution in [-0.4, -0.2) is 44.7 Å². The van der Waals surface area contributed by atoms with Gasteiger partial charge in [0.2, 0.25) is 11.8 Å². The molecule has 0 aliphatic rings. The van der Waals surface area contributed by atoms with E-state index >= 15 is 0 Å². The molecule has 0 bridgehead atoms. The smallest absolute Gasteiger partial charge is 0.243 e. The highest BCUT2D eigenvalue weighted by atomic mass is 19.1. The number of rotatable bonds is 9. The minimum absolute atomic E-state index is 0.0444. The van der Waals surface area contributed by atoms with Crippen LogP contribution in [-0.2, 0) is 14.3 Å². The molecule has 0 saturated carbocycles. The third kappa shape index (κ3) is 6.51. The summed E-state index contributed by atoms with van der Waals surface area (Å²) in [5, 5.41) is 4.94. The average Bonchev–Trinajstić information content (AvgIpc) is 2.54. The van der Waals surface area contributed by atoms with Crippen molar-refractivity contribution in [3.8, 4) is 5.75 Å². The molecule has 0 fully saturated rings. The molecule has 0 aliphatic carbocycles. The summed E-state index contributed by atoms with van der Waals surface area (Å²) in [6.07, 6.45) is 0. The van der Waals surface area contributed by atoms with Gasteiger partial charge in [-0.15, -0.1) is 0 Å². The zero-order valence-electron chi connectivity index (χ0n) is 14.1. The lowest BCUT2D eigenvalue weighted by Crippen LogP contribution is -2.46. The Balaban J connectivity index is 2.62. The van der Waals surface area contributed by atoms with Gasteiger partial charge in [0.25, 0.3) is 0 Å². The van der Waals surface area contributed by atoms with Crippen LogP contribution in [0.3, 0.4) is 0 Å². The van der Waals surface area contributed by atoms with Crippen LogP contribution in [0.15, 0.2) is 18.2 Å². The van der Waals surface area contributed by atoms with Crippen molar-refractivity contribution in [2.24, 2.45) is 11.7 Å². The molecule has 0 saturated heterocycles.